The lowest BCUT2D eigenvalue weighted by atomic mass is 9.87. The Labute approximate surface area is 139 Å². The average molecular weight is 345 g/mol. The molecule has 1 aliphatic carbocycles. The number of nitrogens with one attached hydrogen (secondary N) is 2. The van der Waals surface area contributed by atoms with E-state index in [4.69, 9.17) is 0 Å². The molecule has 2 aliphatic rings. The zero-order valence-corrected chi connectivity index (χ0v) is 14.8. The number of halogens is 1. The first-order chi connectivity index (χ1) is 10.0. The molecule has 2 N–H and O–H groups in total. The van der Waals surface area contributed by atoms with Gasteiger partial charge in [0.15, 0.2) is 0 Å². The molecule has 22 heavy (non-hydrogen) atoms. The third-order valence-corrected chi connectivity index (χ3v) is 6.65. The predicted molar refractivity (Wildman–Crippen MR) is 93.2 cm³/mol. The number of anilines is 1. The van der Waals surface area contributed by atoms with Crippen molar-refractivity contribution in [3.05, 3.63) is 29.8 Å². The molecule has 1 aliphatic heterocycles. The first-order valence-corrected chi connectivity index (χ1v) is 9.50. The number of fused-ring (bicyclic) bond motifs is 1. The number of rotatable bonds is 6. The van der Waals surface area contributed by atoms with Gasteiger partial charge in [-0.25, -0.2) is 8.42 Å². The lowest BCUT2D eigenvalue weighted by Gasteiger charge is -2.21. The summed E-state index contributed by atoms with van der Waals surface area (Å²) in [5.41, 5.74) is 2.25. The predicted octanol–water partition coefficient (Wildman–Crippen LogP) is 2.76. The van der Waals surface area contributed by atoms with E-state index in [1.54, 1.807) is 0 Å². The Morgan fingerprint density at radius 3 is 2.55 bits per heavy atom. The van der Waals surface area contributed by atoms with Crippen LogP contribution in [0.3, 0.4) is 0 Å². The minimum Gasteiger partial charge on any atom is -0.316 e. The standard InChI is InChI=1S/C16H24N2O2S.ClH/c1-3-8-21(19,20)18-13-7-5-6-12(9-13)16(4-2)14-10-17-11-15(14)16;/h5-7,9,14-15,17-18H,3-4,8,10-11H2,1-2H3;1H. The van der Waals surface area contributed by atoms with E-state index in [1.165, 1.54) is 5.56 Å². The smallest absolute Gasteiger partial charge is 0.232 e. The second-order valence-electron chi connectivity index (χ2n) is 6.27. The maximum Gasteiger partial charge on any atom is 0.232 e. The van der Waals surface area contributed by atoms with Crippen molar-refractivity contribution < 1.29 is 8.42 Å². The van der Waals surface area contributed by atoms with Crippen LogP contribution in [-0.4, -0.2) is 27.3 Å². The fourth-order valence-corrected chi connectivity index (χ4v) is 5.30. The van der Waals surface area contributed by atoms with Crippen molar-refractivity contribution in [2.45, 2.75) is 32.1 Å². The van der Waals surface area contributed by atoms with Gasteiger partial charge in [0, 0.05) is 11.1 Å². The van der Waals surface area contributed by atoms with Crippen LogP contribution in [0.15, 0.2) is 24.3 Å². The zero-order valence-electron chi connectivity index (χ0n) is 13.1. The molecule has 1 aromatic carbocycles. The van der Waals surface area contributed by atoms with Crippen LogP contribution in [0.25, 0.3) is 0 Å². The molecule has 2 atom stereocenters. The van der Waals surface area contributed by atoms with Gasteiger partial charge in [-0.2, -0.15) is 0 Å². The van der Waals surface area contributed by atoms with Gasteiger partial charge < -0.3 is 5.32 Å². The molecule has 2 fully saturated rings. The van der Waals surface area contributed by atoms with Crippen molar-refractivity contribution in [2.75, 3.05) is 23.6 Å². The molecule has 2 unspecified atom stereocenters. The number of sulfonamides is 1. The quantitative estimate of drug-likeness (QED) is 0.834. The number of hydrogen-bond acceptors (Lipinski definition) is 3. The molecule has 1 saturated heterocycles. The Hall–Kier alpha value is -0.780. The van der Waals surface area contributed by atoms with Gasteiger partial charge in [-0.3, -0.25) is 4.72 Å². The maximum absolute atomic E-state index is 11.9. The fraction of sp³-hybridized carbons (Fsp3) is 0.625. The molecule has 1 heterocycles. The Kier molecular flexibility index (Phi) is 5.09. The summed E-state index contributed by atoms with van der Waals surface area (Å²) >= 11 is 0. The minimum atomic E-state index is -3.21. The van der Waals surface area contributed by atoms with E-state index in [-0.39, 0.29) is 23.6 Å². The van der Waals surface area contributed by atoms with Crippen molar-refractivity contribution >= 4 is 28.1 Å². The van der Waals surface area contributed by atoms with E-state index in [2.05, 4.69) is 23.0 Å². The van der Waals surface area contributed by atoms with Gasteiger partial charge in [0.05, 0.1) is 5.75 Å². The van der Waals surface area contributed by atoms with Gasteiger partial charge >= 0.3 is 0 Å². The lowest BCUT2D eigenvalue weighted by Crippen LogP contribution is -2.25. The lowest BCUT2D eigenvalue weighted by molar-refractivity contribution is 0.502. The van der Waals surface area contributed by atoms with E-state index < -0.39 is 10.0 Å². The summed E-state index contributed by atoms with van der Waals surface area (Å²) in [5.74, 6) is 1.60. The van der Waals surface area contributed by atoms with Crippen molar-refractivity contribution in [3.63, 3.8) is 0 Å². The van der Waals surface area contributed by atoms with Crippen LogP contribution in [0, 0.1) is 11.8 Å². The summed E-state index contributed by atoms with van der Waals surface area (Å²) in [5, 5.41) is 3.44. The van der Waals surface area contributed by atoms with Crippen molar-refractivity contribution in [2.24, 2.45) is 11.8 Å². The molecular weight excluding hydrogens is 320 g/mol. The maximum atomic E-state index is 11.9. The Balaban J connectivity index is 0.00000176. The molecule has 1 aromatic rings. The first-order valence-electron chi connectivity index (χ1n) is 7.85. The second-order valence-corrected chi connectivity index (χ2v) is 8.11. The highest BCUT2D eigenvalue weighted by atomic mass is 35.5. The molecule has 0 spiro atoms. The van der Waals surface area contributed by atoms with Gasteiger partial charge in [0.1, 0.15) is 0 Å². The zero-order chi connectivity index (χ0) is 15.1. The topological polar surface area (TPSA) is 58.2 Å². The fourth-order valence-electron chi connectivity index (χ4n) is 4.18. The van der Waals surface area contributed by atoms with Crippen LogP contribution in [0.1, 0.15) is 32.3 Å². The Morgan fingerprint density at radius 2 is 1.95 bits per heavy atom. The molecule has 3 rings (SSSR count). The number of hydrogen-bond donors (Lipinski definition) is 2. The average Bonchev–Trinajstić information content (AvgIpc) is 2.79. The van der Waals surface area contributed by atoms with E-state index >= 15 is 0 Å². The molecule has 4 nitrogen and oxygen atoms in total. The van der Waals surface area contributed by atoms with Gasteiger partial charge in [0.25, 0.3) is 0 Å². The van der Waals surface area contributed by atoms with Gasteiger partial charge in [0.2, 0.25) is 10.0 Å². The third kappa shape index (κ3) is 2.86. The SMILES string of the molecule is CCCS(=O)(=O)Nc1cccc(C2(CC)C3CNCC32)c1.Cl. The normalized spacial score (nSPS) is 29.5. The van der Waals surface area contributed by atoms with E-state index in [9.17, 15) is 8.42 Å². The molecule has 0 aromatic heterocycles. The summed E-state index contributed by atoms with van der Waals surface area (Å²) in [6.45, 7) is 6.29. The number of piperidine rings is 1. The van der Waals surface area contributed by atoms with E-state index in [1.807, 2.05) is 25.1 Å². The van der Waals surface area contributed by atoms with Gasteiger partial charge in [-0.1, -0.05) is 26.0 Å². The van der Waals surface area contributed by atoms with Gasteiger partial charge in [-0.15, -0.1) is 12.4 Å². The molecule has 0 radical (unpaired) electrons. The van der Waals surface area contributed by atoms with Crippen molar-refractivity contribution in [1.29, 1.82) is 0 Å². The first kappa shape index (κ1) is 17.6. The highest BCUT2D eigenvalue weighted by molar-refractivity contribution is 7.92. The van der Waals surface area contributed by atoms with Gasteiger partial charge in [-0.05, 0) is 55.5 Å². The van der Waals surface area contributed by atoms with Crippen LogP contribution in [-0.2, 0) is 15.4 Å². The van der Waals surface area contributed by atoms with Crippen LogP contribution in [0.5, 0.6) is 0 Å². The van der Waals surface area contributed by atoms with Crippen molar-refractivity contribution in [3.8, 4) is 0 Å². The van der Waals surface area contributed by atoms with Crippen LogP contribution in [0.2, 0.25) is 0 Å². The monoisotopic (exact) mass is 344 g/mol. The highest BCUT2D eigenvalue weighted by Crippen LogP contribution is 2.63. The number of benzene rings is 1. The Bertz CT molecular complexity index is 623. The molecule has 0 bridgehead atoms. The molecule has 0 amide bonds. The summed E-state index contributed by atoms with van der Waals surface area (Å²) in [4.78, 5) is 0. The largest absolute Gasteiger partial charge is 0.316 e. The van der Waals surface area contributed by atoms with Crippen LogP contribution >= 0.6 is 12.4 Å². The van der Waals surface area contributed by atoms with Crippen LogP contribution < -0.4 is 10.0 Å². The summed E-state index contributed by atoms with van der Waals surface area (Å²) in [6, 6.07) is 8.00. The molecule has 1 saturated carbocycles. The van der Waals surface area contributed by atoms with Crippen molar-refractivity contribution in [1.82, 2.24) is 5.32 Å². The second kappa shape index (κ2) is 6.38. The molecule has 6 heteroatoms. The van der Waals surface area contributed by atoms with E-state index in [0.717, 1.165) is 19.5 Å². The third-order valence-electron chi connectivity index (χ3n) is 5.16. The highest BCUT2D eigenvalue weighted by Gasteiger charge is 2.65. The van der Waals surface area contributed by atoms with Crippen LogP contribution in [0.4, 0.5) is 5.69 Å². The summed E-state index contributed by atoms with van der Waals surface area (Å²) < 4.78 is 26.5. The molecular formula is C16H25ClN2O2S. The summed E-state index contributed by atoms with van der Waals surface area (Å²) in [7, 11) is -3.21. The summed E-state index contributed by atoms with van der Waals surface area (Å²) in [6.07, 6.45) is 1.75. The van der Waals surface area contributed by atoms with E-state index in [0.29, 0.717) is 23.9 Å². The minimum absolute atomic E-state index is 0. The Morgan fingerprint density at radius 1 is 1.27 bits per heavy atom. The molecule has 124 valence electrons.